The number of nitrogens with zero attached hydrogens (tertiary/aromatic N) is 2. The van der Waals surface area contributed by atoms with Gasteiger partial charge in [0.05, 0.1) is 18.9 Å². The number of H-pyrrole nitrogens is 1. The van der Waals surface area contributed by atoms with Crippen molar-refractivity contribution >= 4 is 5.97 Å². The minimum atomic E-state index is -0.746. The van der Waals surface area contributed by atoms with E-state index in [0.717, 1.165) is 36.7 Å². The second-order valence-electron chi connectivity index (χ2n) is 8.72. The topological polar surface area (TPSA) is 103 Å². The fourth-order valence-corrected chi connectivity index (χ4v) is 5.11. The zero-order valence-corrected chi connectivity index (χ0v) is 17.8. The van der Waals surface area contributed by atoms with Gasteiger partial charge in [-0.1, -0.05) is 12.1 Å². The Kier molecular flexibility index (Phi) is 4.98. The minimum absolute atomic E-state index is 0.115. The van der Waals surface area contributed by atoms with Crippen molar-refractivity contribution in [1.82, 2.24) is 14.9 Å². The molecule has 0 saturated heterocycles. The van der Waals surface area contributed by atoms with Crippen molar-refractivity contribution in [3.63, 3.8) is 0 Å². The van der Waals surface area contributed by atoms with Crippen LogP contribution < -0.4 is 15.2 Å². The van der Waals surface area contributed by atoms with Crippen LogP contribution in [0.15, 0.2) is 36.8 Å². The summed E-state index contributed by atoms with van der Waals surface area (Å²) in [4.78, 5) is 21.8. The number of ether oxygens (including phenoxy) is 3. The molecule has 0 amide bonds. The Morgan fingerprint density at radius 2 is 2.35 bits per heavy atom. The molecule has 8 nitrogen and oxygen atoms in total. The van der Waals surface area contributed by atoms with Gasteiger partial charge in [-0.05, 0) is 37.7 Å². The summed E-state index contributed by atoms with van der Waals surface area (Å²) >= 11 is 0. The number of rotatable bonds is 5. The summed E-state index contributed by atoms with van der Waals surface area (Å²) in [6.07, 6.45) is 8.82. The summed E-state index contributed by atoms with van der Waals surface area (Å²) < 4.78 is 17.8. The van der Waals surface area contributed by atoms with E-state index in [0.29, 0.717) is 12.8 Å². The van der Waals surface area contributed by atoms with Crippen molar-refractivity contribution in [1.29, 1.82) is 0 Å². The van der Waals surface area contributed by atoms with Crippen LogP contribution in [0.5, 0.6) is 11.5 Å². The number of carbonyl (C=O) groups excluding carboxylic acids is 1. The number of nitrogens with one attached hydrogen (secondary N) is 1. The molecule has 1 aromatic heterocycles. The number of nitrogens with two attached hydrogens (primary N) is 1. The van der Waals surface area contributed by atoms with Crippen LogP contribution in [-0.2, 0) is 27.9 Å². The maximum atomic E-state index is 12.6. The molecule has 1 aromatic carbocycles. The summed E-state index contributed by atoms with van der Waals surface area (Å²) in [5, 5.41) is 0. The Balaban J connectivity index is 1.38. The Bertz CT molecular complexity index is 1010. The summed E-state index contributed by atoms with van der Waals surface area (Å²) in [7, 11) is 3.81. The minimum Gasteiger partial charge on any atom is -0.493 e. The first kappa shape index (κ1) is 20.1. The van der Waals surface area contributed by atoms with Crippen molar-refractivity contribution < 1.29 is 19.0 Å². The van der Waals surface area contributed by atoms with E-state index in [-0.39, 0.29) is 17.6 Å². The molecule has 0 fully saturated rings. The molecule has 3 heterocycles. The first-order valence-corrected chi connectivity index (χ1v) is 10.7. The summed E-state index contributed by atoms with van der Waals surface area (Å²) in [6, 6.07) is 3.37. The Hall–Kier alpha value is -2.84. The molecule has 0 radical (unpaired) electrons. The SMILES string of the molecule is COc1ccc2c3c1O[C@H]1C[C@@H](OC(=O)[C@@H](N)Cc4cnc[nH]4)C=C[C@@]31CCN(C)C2. The van der Waals surface area contributed by atoms with Crippen LogP contribution in [0.4, 0.5) is 0 Å². The standard InChI is InChI=1S/C23H28N4O4/c1-27-8-7-23-6-5-16(30-22(28)17(24)9-15-11-25-13-26-15)10-19(23)31-21-18(29-2)4-3-14(12-27)20(21)23/h3-6,11,13,16-17,19H,7-10,12,24H2,1-2H3,(H,25,26)/t16-,17-,19-,23-/m0/s1. The van der Waals surface area contributed by atoms with Gasteiger partial charge in [0.2, 0.25) is 0 Å². The van der Waals surface area contributed by atoms with Gasteiger partial charge >= 0.3 is 5.97 Å². The number of carbonyl (C=O) groups is 1. The number of aromatic amines is 1. The molecule has 1 spiro atoms. The van der Waals surface area contributed by atoms with E-state index in [1.165, 1.54) is 11.1 Å². The average molecular weight is 425 g/mol. The lowest BCUT2D eigenvalue weighted by atomic mass is 9.69. The van der Waals surface area contributed by atoms with Gasteiger partial charge in [0.15, 0.2) is 11.5 Å². The molecule has 164 valence electrons. The van der Waals surface area contributed by atoms with Crippen LogP contribution >= 0.6 is 0 Å². The first-order chi connectivity index (χ1) is 15.0. The maximum Gasteiger partial charge on any atom is 0.323 e. The third-order valence-corrected chi connectivity index (χ3v) is 6.69. The molecule has 3 N–H and O–H groups in total. The number of aromatic nitrogens is 2. The zero-order valence-electron chi connectivity index (χ0n) is 17.8. The maximum absolute atomic E-state index is 12.6. The first-order valence-electron chi connectivity index (χ1n) is 10.7. The fourth-order valence-electron chi connectivity index (χ4n) is 5.11. The highest BCUT2D eigenvalue weighted by Crippen LogP contribution is 2.55. The predicted molar refractivity (Wildman–Crippen MR) is 114 cm³/mol. The number of benzene rings is 1. The second kappa shape index (κ2) is 7.69. The van der Waals surface area contributed by atoms with Crippen molar-refractivity contribution in [3.05, 3.63) is 53.6 Å². The number of imidazole rings is 1. The number of hydrogen-bond acceptors (Lipinski definition) is 7. The van der Waals surface area contributed by atoms with Crippen molar-refractivity contribution in [3.8, 4) is 11.5 Å². The lowest BCUT2D eigenvalue weighted by Gasteiger charge is -2.37. The second-order valence-corrected chi connectivity index (χ2v) is 8.72. The zero-order chi connectivity index (χ0) is 21.6. The van der Waals surface area contributed by atoms with Gasteiger partial charge in [0.1, 0.15) is 18.2 Å². The van der Waals surface area contributed by atoms with E-state index in [1.54, 1.807) is 19.6 Å². The molecule has 5 rings (SSSR count). The van der Waals surface area contributed by atoms with Gasteiger partial charge in [-0.3, -0.25) is 4.79 Å². The fraction of sp³-hybridized carbons (Fsp3) is 0.478. The number of esters is 1. The van der Waals surface area contributed by atoms with Crippen LogP contribution in [0.25, 0.3) is 0 Å². The highest BCUT2D eigenvalue weighted by Gasteiger charge is 2.53. The molecule has 0 saturated carbocycles. The Morgan fingerprint density at radius 1 is 1.48 bits per heavy atom. The third-order valence-electron chi connectivity index (χ3n) is 6.69. The monoisotopic (exact) mass is 424 g/mol. The Morgan fingerprint density at radius 3 is 3.13 bits per heavy atom. The molecule has 0 unspecified atom stereocenters. The largest absolute Gasteiger partial charge is 0.493 e. The molecule has 0 bridgehead atoms. The molecule has 4 atom stereocenters. The van der Waals surface area contributed by atoms with E-state index in [9.17, 15) is 4.79 Å². The van der Waals surface area contributed by atoms with E-state index < -0.39 is 12.0 Å². The highest BCUT2D eigenvalue weighted by atomic mass is 16.6. The lowest BCUT2D eigenvalue weighted by Crippen LogP contribution is -2.45. The molecule has 8 heteroatoms. The van der Waals surface area contributed by atoms with Gasteiger partial charge in [-0.15, -0.1) is 0 Å². The lowest BCUT2D eigenvalue weighted by molar-refractivity contribution is -0.150. The van der Waals surface area contributed by atoms with Crippen LogP contribution in [0, 0.1) is 0 Å². The van der Waals surface area contributed by atoms with Crippen molar-refractivity contribution in [2.45, 2.75) is 49.5 Å². The van der Waals surface area contributed by atoms with Crippen molar-refractivity contribution in [2.24, 2.45) is 5.73 Å². The van der Waals surface area contributed by atoms with Gasteiger partial charge < -0.3 is 29.8 Å². The molecular formula is C23H28N4O4. The molecule has 3 aliphatic rings. The predicted octanol–water partition coefficient (Wildman–Crippen LogP) is 1.69. The van der Waals surface area contributed by atoms with E-state index in [1.807, 2.05) is 12.1 Å². The van der Waals surface area contributed by atoms with E-state index in [2.05, 4.69) is 34.1 Å². The highest BCUT2D eigenvalue weighted by molar-refractivity contribution is 5.76. The van der Waals surface area contributed by atoms with Gasteiger partial charge in [0, 0.05) is 36.8 Å². The van der Waals surface area contributed by atoms with E-state index >= 15 is 0 Å². The van der Waals surface area contributed by atoms with Crippen LogP contribution in [0.1, 0.15) is 29.7 Å². The normalized spacial score (nSPS) is 27.6. The van der Waals surface area contributed by atoms with E-state index in [4.69, 9.17) is 19.9 Å². The van der Waals surface area contributed by atoms with Gasteiger partial charge in [-0.25, -0.2) is 4.98 Å². The molecule has 2 aliphatic heterocycles. The van der Waals surface area contributed by atoms with Crippen LogP contribution in [0.2, 0.25) is 0 Å². The summed E-state index contributed by atoms with van der Waals surface area (Å²) in [5.41, 5.74) is 9.11. The third kappa shape index (κ3) is 3.40. The summed E-state index contributed by atoms with van der Waals surface area (Å²) in [5.74, 6) is 1.16. The van der Waals surface area contributed by atoms with Crippen LogP contribution in [-0.4, -0.2) is 59.8 Å². The quantitative estimate of drug-likeness (QED) is 0.556. The van der Waals surface area contributed by atoms with Gasteiger partial charge in [0.25, 0.3) is 0 Å². The van der Waals surface area contributed by atoms with Crippen molar-refractivity contribution in [2.75, 3.05) is 20.7 Å². The summed E-state index contributed by atoms with van der Waals surface area (Å²) in [6.45, 7) is 1.83. The molecule has 1 aliphatic carbocycles. The van der Waals surface area contributed by atoms with Gasteiger partial charge in [-0.2, -0.15) is 0 Å². The number of hydrogen-bond donors (Lipinski definition) is 2. The van der Waals surface area contributed by atoms with Crippen LogP contribution in [0.3, 0.4) is 0 Å². The molecule has 2 aromatic rings. The molecular weight excluding hydrogens is 396 g/mol. The average Bonchev–Trinajstić information content (AvgIpc) is 3.35. The Labute approximate surface area is 181 Å². The number of methoxy groups -OCH3 is 1. The smallest absolute Gasteiger partial charge is 0.323 e. The molecule has 31 heavy (non-hydrogen) atoms.